The molecular formula is C38H55N9O14S. The van der Waals surface area contributed by atoms with Crippen LogP contribution >= 0.6 is 0 Å². The molecule has 1 aliphatic heterocycles. The van der Waals surface area contributed by atoms with E-state index in [0.717, 1.165) is 37.4 Å². The number of aliphatic hydroxyl groups is 3. The second-order valence-corrected chi connectivity index (χ2v) is 16.9. The highest BCUT2D eigenvalue weighted by atomic mass is 32.3. The number of hydrogen-bond acceptors (Lipinski definition) is 17. The molecule has 5 rings (SSSR count). The smallest absolute Gasteiger partial charge is 0.388 e. The third kappa shape index (κ3) is 11.7. The van der Waals surface area contributed by atoms with Gasteiger partial charge in [0, 0.05) is 37.4 Å². The van der Waals surface area contributed by atoms with Gasteiger partial charge in [-0.15, -0.1) is 0 Å². The third-order valence-corrected chi connectivity index (χ3v) is 11.3. The number of nitrogens with zero attached hydrogens (tertiary/aromatic N) is 6. The molecule has 1 aliphatic carbocycles. The first-order chi connectivity index (χ1) is 29.3. The van der Waals surface area contributed by atoms with Gasteiger partial charge in [0.2, 0.25) is 5.91 Å². The summed E-state index contributed by atoms with van der Waals surface area (Å²) in [6, 6.07) is 1.84. The first-order valence-corrected chi connectivity index (χ1v) is 21.5. The molecule has 0 spiro atoms. The largest absolute Gasteiger partial charge is 0.397 e. The van der Waals surface area contributed by atoms with Crippen LogP contribution in [-0.2, 0) is 43.1 Å². The SMILES string of the molecule is COC(COS(=O)(=O)O)C(O)C(OC1OC(C(=O)NNC(=O)n2ccc3c(-c4cnn([C@H](CC#N)C5CCCC5)c4)ncnc32)C(OC(C)C)C(O)C1O)[C@H](NC(C)=O)C(C)C. The molecule has 0 radical (unpaired) electrons. The van der Waals surface area contributed by atoms with E-state index in [1.807, 2.05) is 6.20 Å². The molecular weight excluding hydrogens is 839 g/mol. The highest BCUT2D eigenvalue weighted by Gasteiger charge is 2.51. The number of hydrazine groups is 1. The molecule has 1 saturated carbocycles. The van der Waals surface area contributed by atoms with E-state index in [9.17, 15) is 43.4 Å². The number of carbonyl (C=O) groups is 3. The molecule has 23 nitrogen and oxygen atoms in total. The second kappa shape index (κ2) is 21.1. The zero-order valence-corrected chi connectivity index (χ0v) is 35.9. The topological polar surface area (TPSA) is 321 Å². The summed E-state index contributed by atoms with van der Waals surface area (Å²) in [7, 11) is -3.88. The van der Waals surface area contributed by atoms with Crippen molar-refractivity contribution >= 4 is 39.3 Å². The van der Waals surface area contributed by atoms with E-state index in [2.05, 4.69) is 41.5 Å². The quantitative estimate of drug-likeness (QED) is 0.0676. The van der Waals surface area contributed by atoms with Crippen LogP contribution in [0.4, 0.5) is 4.79 Å². The Bertz CT molecular complexity index is 2150. The van der Waals surface area contributed by atoms with Crippen LogP contribution < -0.4 is 16.2 Å². The van der Waals surface area contributed by atoms with E-state index in [4.69, 9.17) is 23.5 Å². The van der Waals surface area contributed by atoms with E-state index in [1.165, 1.54) is 19.4 Å². The zero-order chi connectivity index (χ0) is 45.5. The van der Waals surface area contributed by atoms with Crippen LogP contribution in [-0.4, -0.2) is 145 Å². The number of aromatic nitrogens is 5. The molecule has 342 valence electrons. The lowest BCUT2D eigenvalue weighted by molar-refractivity contribution is -0.321. The summed E-state index contributed by atoms with van der Waals surface area (Å²) in [5.41, 5.74) is 5.83. The van der Waals surface area contributed by atoms with Crippen molar-refractivity contribution in [2.24, 2.45) is 11.8 Å². The Morgan fingerprint density at radius 1 is 1.08 bits per heavy atom. The van der Waals surface area contributed by atoms with Gasteiger partial charge in [-0.05, 0) is 44.6 Å². The zero-order valence-electron chi connectivity index (χ0n) is 35.1. The maximum atomic E-state index is 13.8. The van der Waals surface area contributed by atoms with Crippen molar-refractivity contribution in [3.05, 3.63) is 31.0 Å². The van der Waals surface area contributed by atoms with Gasteiger partial charge in [0.25, 0.3) is 5.91 Å². The van der Waals surface area contributed by atoms with Crippen molar-refractivity contribution in [2.45, 2.75) is 134 Å². The number of methoxy groups -OCH3 is 1. The summed E-state index contributed by atoms with van der Waals surface area (Å²) in [6.07, 6.45) is -4.01. The second-order valence-electron chi connectivity index (χ2n) is 15.9. The molecule has 0 bridgehead atoms. The summed E-state index contributed by atoms with van der Waals surface area (Å²) >= 11 is 0. The Labute approximate surface area is 357 Å². The van der Waals surface area contributed by atoms with Crippen molar-refractivity contribution in [3.8, 4) is 17.3 Å². The Hall–Kier alpha value is -4.68. The molecule has 3 aromatic rings. The molecule has 7 N–H and O–H groups in total. The number of aliphatic hydroxyl groups excluding tert-OH is 3. The predicted molar refractivity (Wildman–Crippen MR) is 214 cm³/mol. The van der Waals surface area contributed by atoms with Gasteiger partial charge in [-0.3, -0.25) is 28.8 Å². The van der Waals surface area contributed by atoms with Gasteiger partial charge in [0.15, 0.2) is 18.0 Å². The van der Waals surface area contributed by atoms with Crippen LogP contribution in [0.1, 0.15) is 72.8 Å². The van der Waals surface area contributed by atoms with Crippen LogP contribution in [0.25, 0.3) is 22.3 Å². The number of ether oxygens (including phenoxy) is 4. The minimum absolute atomic E-state index is 0.0881. The number of rotatable bonds is 18. The van der Waals surface area contributed by atoms with Crippen LogP contribution in [0.3, 0.4) is 0 Å². The fourth-order valence-corrected chi connectivity index (χ4v) is 8.14. The molecule has 1 saturated heterocycles. The fourth-order valence-electron chi connectivity index (χ4n) is 7.84. The predicted octanol–water partition coefficient (Wildman–Crippen LogP) is 0.510. The van der Waals surface area contributed by atoms with E-state index in [0.29, 0.717) is 29.0 Å². The highest BCUT2D eigenvalue weighted by molar-refractivity contribution is 7.80. The number of fused-ring (bicyclic) bond motifs is 1. The van der Waals surface area contributed by atoms with Crippen molar-refractivity contribution < 1.29 is 65.8 Å². The number of nitriles is 1. The average molecular weight is 894 g/mol. The Morgan fingerprint density at radius 2 is 1.79 bits per heavy atom. The average Bonchev–Trinajstić information content (AvgIpc) is 4.01. The van der Waals surface area contributed by atoms with Crippen molar-refractivity contribution in [3.63, 3.8) is 0 Å². The van der Waals surface area contributed by atoms with E-state index >= 15 is 0 Å². The van der Waals surface area contributed by atoms with Gasteiger partial charge in [-0.2, -0.15) is 18.8 Å². The molecule has 4 heterocycles. The maximum absolute atomic E-state index is 13.8. The lowest BCUT2D eigenvalue weighted by atomic mass is 9.91. The highest BCUT2D eigenvalue weighted by Crippen LogP contribution is 2.37. The number of carbonyl (C=O) groups excluding carboxylic acids is 3. The summed E-state index contributed by atoms with van der Waals surface area (Å²) in [5, 5.41) is 51.2. The first kappa shape index (κ1) is 48.4. The number of amides is 3. The number of hydrogen-bond donors (Lipinski definition) is 7. The molecule has 10 atom stereocenters. The minimum atomic E-state index is -4.98. The standard InChI is InChI=1S/C38H55N9O14S/c1-19(2)27(43-21(5)48)32(29(49)26(57-6)17-58-62(54,55)56)60-37-31(51)30(50)33(59-20(3)4)34(61-37)36(52)44-45-38(53)46-14-12-24-28(40-18-41-35(24)46)23-15-42-47(16-23)25(11-13-39)22-9-7-8-10-22/h12,14-16,18-20,22,25-27,29-34,37,49-51H,7-11,17H2,1-6H3,(H,43,48)(H,44,52)(H,45,53)(H,54,55,56)/t25-,26?,27-,29?,30?,31?,32?,33?,34?,37?/m1/s1. The molecule has 2 fully saturated rings. The van der Waals surface area contributed by atoms with Crippen LogP contribution in [0, 0.1) is 23.2 Å². The Morgan fingerprint density at radius 3 is 2.40 bits per heavy atom. The van der Waals surface area contributed by atoms with Crippen LogP contribution in [0.2, 0.25) is 0 Å². The van der Waals surface area contributed by atoms with Crippen LogP contribution in [0.5, 0.6) is 0 Å². The molecule has 62 heavy (non-hydrogen) atoms. The van der Waals surface area contributed by atoms with Crippen molar-refractivity contribution in [2.75, 3.05) is 13.7 Å². The summed E-state index contributed by atoms with van der Waals surface area (Å²) in [6.45, 7) is 6.78. The lowest BCUT2D eigenvalue weighted by Gasteiger charge is -2.45. The van der Waals surface area contributed by atoms with Crippen LogP contribution in [0.15, 0.2) is 31.0 Å². The summed E-state index contributed by atoms with van der Waals surface area (Å²) in [4.78, 5) is 48.4. The van der Waals surface area contributed by atoms with Crippen molar-refractivity contribution in [1.82, 2.24) is 40.5 Å². The summed E-state index contributed by atoms with van der Waals surface area (Å²) < 4.78 is 62.1. The Balaban J connectivity index is 1.36. The summed E-state index contributed by atoms with van der Waals surface area (Å²) in [5.74, 6) is -1.81. The number of nitrogens with one attached hydrogen (secondary N) is 3. The Kier molecular flexibility index (Phi) is 16.5. The molecule has 3 amide bonds. The van der Waals surface area contributed by atoms with Crippen molar-refractivity contribution in [1.29, 1.82) is 5.26 Å². The normalized spacial score (nSPS) is 23.4. The monoisotopic (exact) mass is 893 g/mol. The van der Waals surface area contributed by atoms with Gasteiger partial charge in [0.05, 0.1) is 49.2 Å². The maximum Gasteiger partial charge on any atom is 0.397 e. The lowest BCUT2D eigenvalue weighted by Crippen LogP contribution is -2.66. The molecule has 24 heteroatoms. The van der Waals surface area contributed by atoms with E-state index < -0.39 is 102 Å². The first-order valence-electron chi connectivity index (χ1n) is 20.1. The van der Waals surface area contributed by atoms with Gasteiger partial charge in [-0.25, -0.2) is 24.4 Å². The van der Waals surface area contributed by atoms with Gasteiger partial charge in [-0.1, -0.05) is 26.7 Å². The van der Waals surface area contributed by atoms with Gasteiger partial charge >= 0.3 is 16.4 Å². The molecule has 8 unspecified atom stereocenters. The van der Waals surface area contributed by atoms with E-state index in [1.54, 1.807) is 44.6 Å². The molecule has 2 aliphatic rings. The van der Waals surface area contributed by atoms with Gasteiger partial charge < -0.3 is 39.6 Å². The van der Waals surface area contributed by atoms with Gasteiger partial charge in [0.1, 0.15) is 43.0 Å². The third-order valence-electron chi connectivity index (χ3n) is 10.8. The molecule has 0 aromatic carbocycles. The fraction of sp³-hybridized carbons (Fsp3) is 0.658. The molecule has 3 aromatic heterocycles. The minimum Gasteiger partial charge on any atom is -0.388 e. The van der Waals surface area contributed by atoms with E-state index in [-0.39, 0.29) is 11.7 Å².